The quantitative estimate of drug-likeness (QED) is 0.540. The molecule has 0 radical (unpaired) electrons. The third-order valence-electron chi connectivity index (χ3n) is 2.10. The number of nitrogens with two attached hydrogens (primary N) is 1. The molecule has 0 saturated heterocycles. The second kappa shape index (κ2) is 3.23. The molecule has 0 aliphatic carbocycles. The van der Waals surface area contributed by atoms with Crippen LogP contribution in [0.2, 0.25) is 0 Å². The standard InChI is InChI=1S/C10H12N4/c1-7-8-5-3-4-6-9(8)13-10(12-7)14(2)11/h3-6H,11H2,1-2H3. The Morgan fingerprint density at radius 3 is 2.64 bits per heavy atom. The minimum Gasteiger partial charge on any atom is -0.282 e. The van der Waals surface area contributed by atoms with E-state index >= 15 is 0 Å². The fourth-order valence-electron chi connectivity index (χ4n) is 1.38. The molecule has 14 heavy (non-hydrogen) atoms. The smallest absolute Gasteiger partial charge is 0.240 e. The van der Waals surface area contributed by atoms with Crippen molar-refractivity contribution in [2.24, 2.45) is 5.84 Å². The van der Waals surface area contributed by atoms with E-state index in [0.29, 0.717) is 5.95 Å². The van der Waals surface area contributed by atoms with Crippen LogP contribution in [0.25, 0.3) is 10.9 Å². The number of hydrogen-bond donors (Lipinski definition) is 1. The highest BCUT2D eigenvalue weighted by Crippen LogP contribution is 2.16. The molecule has 0 saturated carbocycles. The van der Waals surface area contributed by atoms with Gasteiger partial charge in [0.2, 0.25) is 5.95 Å². The van der Waals surface area contributed by atoms with Gasteiger partial charge in [0.15, 0.2) is 0 Å². The summed E-state index contributed by atoms with van der Waals surface area (Å²) in [5.41, 5.74) is 1.87. The zero-order valence-corrected chi connectivity index (χ0v) is 8.23. The van der Waals surface area contributed by atoms with Gasteiger partial charge < -0.3 is 0 Å². The summed E-state index contributed by atoms with van der Waals surface area (Å²) in [4.78, 5) is 8.62. The molecular formula is C10H12N4. The van der Waals surface area contributed by atoms with E-state index in [4.69, 9.17) is 5.84 Å². The number of hydrogen-bond acceptors (Lipinski definition) is 4. The third-order valence-corrected chi connectivity index (χ3v) is 2.10. The summed E-state index contributed by atoms with van der Waals surface area (Å²) in [5.74, 6) is 6.12. The molecule has 72 valence electrons. The van der Waals surface area contributed by atoms with Crippen LogP contribution in [0.4, 0.5) is 5.95 Å². The number of rotatable bonds is 1. The van der Waals surface area contributed by atoms with Crippen molar-refractivity contribution in [2.45, 2.75) is 6.92 Å². The molecule has 1 aromatic heterocycles. The number of hydrazine groups is 1. The van der Waals surface area contributed by atoms with Crippen molar-refractivity contribution in [1.82, 2.24) is 9.97 Å². The van der Waals surface area contributed by atoms with E-state index in [2.05, 4.69) is 9.97 Å². The lowest BCUT2D eigenvalue weighted by Gasteiger charge is -2.11. The largest absolute Gasteiger partial charge is 0.282 e. The van der Waals surface area contributed by atoms with E-state index in [1.165, 1.54) is 5.01 Å². The summed E-state index contributed by atoms with van der Waals surface area (Å²) in [6.07, 6.45) is 0. The lowest BCUT2D eigenvalue weighted by molar-refractivity contribution is 0.930. The molecule has 0 fully saturated rings. The highest BCUT2D eigenvalue weighted by molar-refractivity contribution is 5.81. The van der Waals surface area contributed by atoms with Crippen molar-refractivity contribution >= 4 is 16.9 Å². The van der Waals surface area contributed by atoms with Crippen LogP contribution in [0.15, 0.2) is 24.3 Å². The molecule has 4 heteroatoms. The SMILES string of the molecule is Cc1nc(N(C)N)nc2ccccc12. The number of aromatic nitrogens is 2. The number of para-hydroxylation sites is 1. The first-order chi connectivity index (χ1) is 6.68. The summed E-state index contributed by atoms with van der Waals surface area (Å²) in [6.45, 7) is 1.96. The molecule has 0 aliphatic heterocycles. The number of fused-ring (bicyclic) bond motifs is 1. The van der Waals surface area contributed by atoms with Gasteiger partial charge in [0.25, 0.3) is 0 Å². The first kappa shape index (κ1) is 8.90. The van der Waals surface area contributed by atoms with E-state index in [-0.39, 0.29) is 0 Å². The summed E-state index contributed by atoms with van der Waals surface area (Å²) < 4.78 is 0. The van der Waals surface area contributed by atoms with Gasteiger partial charge in [-0.15, -0.1) is 0 Å². The Morgan fingerprint density at radius 1 is 1.21 bits per heavy atom. The molecule has 2 aromatic rings. The maximum atomic E-state index is 5.58. The Hall–Kier alpha value is -1.68. The van der Waals surface area contributed by atoms with E-state index in [1.807, 2.05) is 31.2 Å². The van der Waals surface area contributed by atoms with E-state index in [1.54, 1.807) is 7.05 Å². The van der Waals surface area contributed by atoms with Crippen LogP contribution in [-0.4, -0.2) is 17.0 Å². The van der Waals surface area contributed by atoms with Gasteiger partial charge in [-0.05, 0) is 13.0 Å². The molecule has 2 N–H and O–H groups in total. The molecular weight excluding hydrogens is 176 g/mol. The highest BCUT2D eigenvalue weighted by atomic mass is 15.4. The van der Waals surface area contributed by atoms with E-state index in [0.717, 1.165) is 16.6 Å². The number of nitrogens with zero attached hydrogens (tertiary/aromatic N) is 3. The van der Waals surface area contributed by atoms with Crippen molar-refractivity contribution in [3.63, 3.8) is 0 Å². The van der Waals surface area contributed by atoms with Crippen molar-refractivity contribution in [3.8, 4) is 0 Å². The molecule has 1 heterocycles. The molecule has 2 rings (SSSR count). The Morgan fingerprint density at radius 2 is 1.93 bits per heavy atom. The Balaban J connectivity index is 2.72. The monoisotopic (exact) mass is 188 g/mol. The Kier molecular flexibility index (Phi) is 2.05. The van der Waals surface area contributed by atoms with Crippen LogP contribution >= 0.6 is 0 Å². The summed E-state index contributed by atoms with van der Waals surface area (Å²) in [5, 5.41) is 2.48. The van der Waals surface area contributed by atoms with Crippen LogP contribution in [0.5, 0.6) is 0 Å². The number of benzene rings is 1. The van der Waals surface area contributed by atoms with Crippen LogP contribution in [0.1, 0.15) is 5.69 Å². The molecule has 0 aliphatic rings. The third kappa shape index (κ3) is 1.40. The average molecular weight is 188 g/mol. The predicted molar refractivity (Wildman–Crippen MR) is 56.9 cm³/mol. The van der Waals surface area contributed by atoms with Gasteiger partial charge in [-0.3, -0.25) is 5.01 Å². The fraction of sp³-hybridized carbons (Fsp3) is 0.200. The maximum absolute atomic E-state index is 5.58. The maximum Gasteiger partial charge on any atom is 0.240 e. The Bertz CT molecular complexity index is 465. The lowest BCUT2D eigenvalue weighted by atomic mass is 10.2. The zero-order valence-electron chi connectivity index (χ0n) is 8.23. The first-order valence-corrected chi connectivity index (χ1v) is 4.40. The topological polar surface area (TPSA) is 55.0 Å². The molecule has 0 bridgehead atoms. The molecule has 0 atom stereocenters. The van der Waals surface area contributed by atoms with Crippen molar-refractivity contribution in [1.29, 1.82) is 0 Å². The molecule has 0 amide bonds. The second-order valence-corrected chi connectivity index (χ2v) is 3.24. The van der Waals surface area contributed by atoms with Gasteiger partial charge in [0.05, 0.1) is 11.2 Å². The highest BCUT2D eigenvalue weighted by Gasteiger charge is 2.04. The van der Waals surface area contributed by atoms with Crippen molar-refractivity contribution in [2.75, 3.05) is 12.1 Å². The van der Waals surface area contributed by atoms with Gasteiger partial charge in [-0.2, -0.15) is 0 Å². The van der Waals surface area contributed by atoms with Gasteiger partial charge in [0.1, 0.15) is 0 Å². The zero-order chi connectivity index (χ0) is 10.1. The van der Waals surface area contributed by atoms with Crippen LogP contribution in [0, 0.1) is 6.92 Å². The van der Waals surface area contributed by atoms with Gasteiger partial charge in [-0.25, -0.2) is 15.8 Å². The van der Waals surface area contributed by atoms with Crippen LogP contribution < -0.4 is 10.9 Å². The fourth-order valence-corrected chi connectivity index (χ4v) is 1.38. The van der Waals surface area contributed by atoms with Crippen molar-refractivity contribution < 1.29 is 0 Å². The molecule has 4 nitrogen and oxygen atoms in total. The number of anilines is 1. The van der Waals surface area contributed by atoms with Crippen LogP contribution in [-0.2, 0) is 0 Å². The minimum atomic E-state index is 0.543. The second-order valence-electron chi connectivity index (χ2n) is 3.24. The summed E-state index contributed by atoms with van der Waals surface area (Å²) in [7, 11) is 1.73. The van der Waals surface area contributed by atoms with Gasteiger partial charge in [0, 0.05) is 12.4 Å². The minimum absolute atomic E-state index is 0.543. The van der Waals surface area contributed by atoms with Gasteiger partial charge >= 0.3 is 0 Å². The van der Waals surface area contributed by atoms with Gasteiger partial charge in [-0.1, -0.05) is 18.2 Å². The first-order valence-electron chi connectivity index (χ1n) is 4.40. The molecule has 1 aromatic carbocycles. The van der Waals surface area contributed by atoms with Crippen molar-refractivity contribution in [3.05, 3.63) is 30.0 Å². The normalized spacial score (nSPS) is 10.5. The van der Waals surface area contributed by atoms with E-state index in [9.17, 15) is 0 Å². The molecule has 0 spiro atoms. The molecule has 0 unspecified atom stereocenters. The Labute approximate surface area is 82.4 Å². The average Bonchev–Trinajstić information content (AvgIpc) is 2.17. The summed E-state index contributed by atoms with van der Waals surface area (Å²) in [6, 6.07) is 7.89. The number of aryl methyl sites for hydroxylation is 1. The lowest BCUT2D eigenvalue weighted by Crippen LogP contribution is -2.27. The summed E-state index contributed by atoms with van der Waals surface area (Å²) >= 11 is 0. The van der Waals surface area contributed by atoms with Crippen LogP contribution in [0.3, 0.4) is 0 Å². The predicted octanol–water partition coefficient (Wildman–Crippen LogP) is 1.25. The van der Waals surface area contributed by atoms with E-state index < -0.39 is 0 Å².